The molecule has 0 unspecified atom stereocenters. The van der Waals surface area contributed by atoms with Crippen molar-refractivity contribution in [2.75, 3.05) is 40.5 Å². The largest absolute Gasteiger partial charge is 0.553 e. The Morgan fingerprint density at radius 2 is 1.29 bits per heavy atom. The summed E-state index contributed by atoms with van der Waals surface area (Å²) in [7, 11) is 7.82. The van der Waals surface area contributed by atoms with Crippen molar-refractivity contribution in [2.24, 2.45) is 0 Å². The van der Waals surface area contributed by atoms with E-state index in [1.54, 1.807) is 0 Å². The highest BCUT2D eigenvalue weighted by Gasteiger charge is 2.02. The number of quaternary nitrogens is 1. The van der Waals surface area contributed by atoms with E-state index in [4.69, 9.17) is 4.52 Å². The summed E-state index contributed by atoms with van der Waals surface area (Å²) in [4.78, 5) is 0. The maximum absolute atomic E-state index is 5.67. The van der Waals surface area contributed by atoms with Gasteiger partial charge in [-0.2, -0.15) is 6.16 Å². The van der Waals surface area contributed by atoms with Crippen LogP contribution >= 0.6 is 8.81 Å². The molecule has 0 spiro atoms. The van der Waals surface area contributed by atoms with Gasteiger partial charge in [0.25, 0.3) is 0 Å². The predicted molar refractivity (Wildman–Crippen MR) is 111 cm³/mol. The molecule has 0 aliphatic heterocycles. The van der Waals surface area contributed by atoms with E-state index < -0.39 is 0 Å². The van der Waals surface area contributed by atoms with Gasteiger partial charge in [0.15, 0.2) is 0 Å². The SMILES string of the molecule is CCCCCC/C=C\CCCCCCCC[P-]OCC[N+](C)(C)C. The van der Waals surface area contributed by atoms with Crippen molar-refractivity contribution < 1.29 is 9.01 Å². The van der Waals surface area contributed by atoms with E-state index in [0.717, 1.165) is 17.6 Å². The zero-order valence-corrected chi connectivity index (χ0v) is 18.0. The molecule has 0 aliphatic carbocycles. The summed E-state index contributed by atoms with van der Waals surface area (Å²) in [5.74, 6) is 0. The summed E-state index contributed by atoms with van der Waals surface area (Å²) in [6, 6.07) is 0. The third kappa shape index (κ3) is 22.1. The first-order chi connectivity index (χ1) is 11.6. The van der Waals surface area contributed by atoms with Gasteiger partial charge in [0.05, 0.1) is 34.3 Å². The molecule has 3 heteroatoms. The molecular formula is C21H44NOP. The molecule has 0 aromatic rings. The second kappa shape index (κ2) is 17.9. The number of likely N-dealkylation sites (N-methyl/N-ethyl adjacent to an activating group) is 1. The minimum atomic E-state index is 0.886. The maximum atomic E-state index is 5.67. The lowest BCUT2D eigenvalue weighted by Crippen LogP contribution is -2.37. The Labute approximate surface area is 154 Å². The summed E-state index contributed by atoms with van der Waals surface area (Å²) < 4.78 is 6.66. The molecule has 0 radical (unpaired) electrons. The van der Waals surface area contributed by atoms with E-state index in [1.807, 2.05) is 0 Å². The fraction of sp³-hybridized carbons (Fsp3) is 0.905. The topological polar surface area (TPSA) is 9.23 Å². The lowest BCUT2D eigenvalue weighted by atomic mass is 10.1. The van der Waals surface area contributed by atoms with Crippen LogP contribution in [0.4, 0.5) is 0 Å². The summed E-state index contributed by atoms with van der Waals surface area (Å²) in [6.07, 6.45) is 22.4. The Bertz CT molecular complexity index is 274. The fourth-order valence-electron chi connectivity index (χ4n) is 2.51. The Morgan fingerprint density at radius 1 is 0.750 bits per heavy atom. The quantitative estimate of drug-likeness (QED) is 0.113. The minimum Gasteiger partial charge on any atom is -0.553 e. The lowest BCUT2D eigenvalue weighted by Gasteiger charge is -2.27. The van der Waals surface area contributed by atoms with Gasteiger partial charge in [0.1, 0.15) is 0 Å². The number of hydrogen-bond acceptors (Lipinski definition) is 1. The van der Waals surface area contributed by atoms with E-state index in [-0.39, 0.29) is 0 Å². The zero-order chi connectivity index (χ0) is 17.9. The molecule has 24 heavy (non-hydrogen) atoms. The van der Waals surface area contributed by atoms with Crippen LogP contribution in [0.15, 0.2) is 12.2 Å². The Morgan fingerprint density at radius 3 is 1.88 bits per heavy atom. The zero-order valence-electron chi connectivity index (χ0n) is 17.1. The normalized spacial score (nSPS) is 12.8. The molecule has 0 aliphatic rings. The molecule has 0 saturated heterocycles. The van der Waals surface area contributed by atoms with Gasteiger partial charge in [-0.1, -0.05) is 70.4 Å². The van der Waals surface area contributed by atoms with Crippen LogP contribution in [0.2, 0.25) is 0 Å². The Hall–Kier alpha value is 0.0900. The number of unbranched alkanes of at least 4 members (excludes halogenated alkanes) is 10. The number of hydrogen-bond donors (Lipinski definition) is 0. The van der Waals surface area contributed by atoms with Crippen LogP contribution in [0.3, 0.4) is 0 Å². The van der Waals surface area contributed by atoms with Crippen molar-refractivity contribution in [3.8, 4) is 0 Å². The van der Waals surface area contributed by atoms with Crippen molar-refractivity contribution in [3.63, 3.8) is 0 Å². The Kier molecular flexibility index (Phi) is 18.0. The van der Waals surface area contributed by atoms with Crippen LogP contribution in [0.1, 0.15) is 84.0 Å². The third-order valence-electron chi connectivity index (χ3n) is 4.21. The smallest absolute Gasteiger partial charge is 0.0989 e. The van der Waals surface area contributed by atoms with Crippen LogP contribution in [0, 0.1) is 0 Å². The first kappa shape index (κ1) is 24.1. The van der Waals surface area contributed by atoms with Crippen LogP contribution < -0.4 is 0 Å². The van der Waals surface area contributed by atoms with Gasteiger partial charge in [-0.15, -0.1) is 0 Å². The van der Waals surface area contributed by atoms with Gasteiger partial charge in [-0.3, -0.25) is 0 Å². The average Bonchev–Trinajstić information content (AvgIpc) is 2.52. The molecule has 0 bridgehead atoms. The fourth-order valence-corrected chi connectivity index (χ4v) is 3.21. The molecule has 0 N–H and O–H groups in total. The third-order valence-corrected chi connectivity index (χ3v) is 5.07. The van der Waals surface area contributed by atoms with Crippen LogP contribution in [-0.2, 0) is 4.52 Å². The van der Waals surface area contributed by atoms with Gasteiger partial charge < -0.3 is 17.8 Å². The van der Waals surface area contributed by atoms with Gasteiger partial charge in [0.2, 0.25) is 0 Å². The van der Waals surface area contributed by atoms with E-state index in [1.165, 1.54) is 92.0 Å². The summed E-state index contributed by atoms with van der Waals surface area (Å²) in [6.45, 7) is 4.26. The minimum absolute atomic E-state index is 0.886. The highest BCUT2D eigenvalue weighted by molar-refractivity contribution is 7.32. The molecule has 0 saturated carbocycles. The number of nitrogens with zero attached hydrogens (tertiary/aromatic N) is 1. The second-order valence-electron chi connectivity index (χ2n) is 7.93. The average molecular weight is 358 g/mol. The second-order valence-corrected chi connectivity index (χ2v) is 8.89. The Balaban J connectivity index is 3.09. The maximum Gasteiger partial charge on any atom is 0.0989 e. The van der Waals surface area contributed by atoms with Gasteiger partial charge >= 0.3 is 0 Å². The molecule has 0 rings (SSSR count). The molecule has 0 aromatic carbocycles. The van der Waals surface area contributed by atoms with Gasteiger partial charge in [-0.25, -0.2) is 0 Å². The van der Waals surface area contributed by atoms with E-state index in [9.17, 15) is 0 Å². The van der Waals surface area contributed by atoms with Crippen molar-refractivity contribution in [3.05, 3.63) is 12.2 Å². The van der Waals surface area contributed by atoms with Gasteiger partial charge in [0, 0.05) is 0 Å². The summed E-state index contributed by atoms with van der Waals surface area (Å²) in [5.41, 5.74) is 0. The van der Waals surface area contributed by atoms with Gasteiger partial charge in [-0.05, 0) is 25.7 Å². The van der Waals surface area contributed by atoms with Crippen molar-refractivity contribution in [1.29, 1.82) is 0 Å². The molecule has 0 fully saturated rings. The first-order valence-electron chi connectivity index (χ1n) is 10.3. The molecule has 0 amide bonds. The summed E-state index contributed by atoms with van der Waals surface area (Å²) >= 11 is 0. The molecular weight excluding hydrogens is 313 g/mol. The lowest BCUT2D eigenvalue weighted by molar-refractivity contribution is -0.870. The molecule has 2 nitrogen and oxygen atoms in total. The molecule has 0 aromatic heterocycles. The molecule has 0 atom stereocenters. The first-order valence-corrected chi connectivity index (χ1v) is 11.3. The van der Waals surface area contributed by atoms with Crippen molar-refractivity contribution in [1.82, 2.24) is 0 Å². The van der Waals surface area contributed by atoms with Crippen molar-refractivity contribution in [2.45, 2.75) is 84.0 Å². The van der Waals surface area contributed by atoms with Crippen LogP contribution in [0.5, 0.6) is 0 Å². The number of rotatable bonds is 18. The highest BCUT2D eigenvalue weighted by atomic mass is 31.1. The molecule has 0 heterocycles. The number of allylic oxidation sites excluding steroid dienone is 2. The van der Waals surface area contributed by atoms with Crippen LogP contribution in [-0.4, -0.2) is 44.9 Å². The van der Waals surface area contributed by atoms with Crippen molar-refractivity contribution >= 4 is 8.81 Å². The molecule has 144 valence electrons. The predicted octanol–water partition coefficient (Wildman–Crippen LogP) is 6.83. The van der Waals surface area contributed by atoms with E-state index in [2.05, 4.69) is 40.2 Å². The van der Waals surface area contributed by atoms with E-state index >= 15 is 0 Å². The van der Waals surface area contributed by atoms with E-state index in [0.29, 0.717) is 0 Å². The van der Waals surface area contributed by atoms with Crippen LogP contribution in [0.25, 0.3) is 0 Å². The highest BCUT2D eigenvalue weighted by Crippen LogP contribution is 2.16. The summed E-state index contributed by atoms with van der Waals surface area (Å²) in [5, 5.41) is 0. The monoisotopic (exact) mass is 357 g/mol. The standard InChI is InChI=1S/C21H44NOP/c1-5-6-7-8-9-10-11-12-13-14-15-16-17-18-21-24-23-20-19-22(2,3)4/h10-11H,5-9,12-21H2,1-4H3/b11-10-.